The Kier molecular flexibility index (Phi) is 3.72. The standard InChI is InChI=1S/C19H15BrN4O3/c20-16-5-4-15(26-16)18-22-13(7-21)19(27-18)23-8-11-6-12(10-23)14-2-1-3-17(25)24(14)9-11/h1-5,11-12H,6,8-10H2/t11-,12-/m0/s1. The second-order valence-electron chi connectivity index (χ2n) is 6.99. The molecule has 1 fully saturated rings. The summed E-state index contributed by atoms with van der Waals surface area (Å²) in [5.74, 6) is 1.79. The number of hydrogen-bond donors (Lipinski definition) is 0. The van der Waals surface area contributed by atoms with Crippen molar-refractivity contribution in [3.8, 4) is 17.7 Å². The van der Waals surface area contributed by atoms with Gasteiger partial charge in [-0.15, -0.1) is 0 Å². The SMILES string of the molecule is N#Cc1nc(-c2ccc(Br)o2)oc1N1C[C@@H]2C[C@@H](C1)c1cccc(=O)n1C2. The lowest BCUT2D eigenvalue weighted by molar-refractivity contribution is 0.275. The Bertz CT molecular complexity index is 1120. The second kappa shape index (κ2) is 6.13. The topological polar surface area (TPSA) is 88.2 Å². The number of halogens is 1. The van der Waals surface area contributed by atoms with E-state index in [0.29, 0.717) is 41.2 Å². The van der Waals surface area contributed by atoms with Crippen LogP contribution >= 0.6 is 15.9 Å². The molecule has 2 bridgehead atoms. The number of pyridine rings is 1. The van der Waals surface area contributed by atoms with Crippen LogP contribution in [0.1, 0.15) is 23.7 Å². The summed E-state index contributed by atoms with van der Waals surface area (Å²) in [5.41, 5.74) is 1.36. The molecule has 136 valence electrons. The zero-order valence-corrected chi connectivity index (χ0v) is 15.8. The van der Waals surface area contributed by atoms with Gasteiger partial charge in [-0.1, -0.05) is 6.07 Å². The van der Waals surface area contributed by atoms with Crippen LogP contribution in [0.2, 0.25) is 0 Å². The quantitative estimate of drug-likeness (QED) is 0.624. The molecule has 0 saturated carbocycles. The highest BCUT2D eigenvalue weighted by Gasteiger charge is 2.37. The van der Waals surface area contributed by atoms with Gasteiger partial charge in [-0.05, 0) is 46.5 Å². The lowest BCUT2D eigenvalue weighted by atomic mass is 9.83. The molecule has 5 heterocycles. The van der Waals surface area contributed by atoms with Crippen molar-refractivity contribution < 1.29 is 8.83 Å². The molecule has 3 aromatic rings. The van der Waals surface area contributed by atoms with Gasteiger partial charge >= 0.3 is 0 Å². The molecule has 2 aliphatic heterocycles. The minimum Gasteiger partial charge on any atom is -0.444 e. The molecule has 2 aliphatic rings. The third-order valence-corrected chi connectivity index (χ3v) is 5.69. The van der Waals surface area contributed by atoms with Gasteiger partial charge in [0.15, 0.2) is 10.4 Å². The molecule has 3 aromatic heterocycles. The number of oxazole rings is 1. The van der Waals surface area contributed by atoms with Crippen LogP contribution in [0.4, 0.5) is 5.88 Å². The summed E-state index contributed by atoms with van der Waals surface area (Å²) in [4.78, 5) is 18.5. The molecule has 0 radical (unpaired) electrons. The van der Waals surface area contributed by atoms with Crippen LogP contribution in [0.5, 0.6) is 0 Å². The predicted octanol–water partition coefficient (Wildman–Crippen LogP) is 3.35. The monoisotopic (exact) mass is 426 g/mol. The number of rotatable bonds is 2. The minimum absolute atomic E-state index is 0.0544. The van der Waals surface area contributed by atoms with Crippen molar-refractivity contribution in [2.24, 2.45) is 5.92 Å². The number of furan rings is 1. The first kappa shape index (κ1) is 16.4. The van der Waals surface area contributed by atoms with Crippen molar-refractivity contribution in [1.82, 2.24) is 9.55 Å². The van der Waals surface area contributed by atoms with E-state index in [2.05, 4.69) is 31.9 Å². The number of nitrogens with zero attached hydrogens (tertiary/aromatic N) is 4. The number of anilines is 1. The van der Waals surface area contributed by atoms with Gasteiger partial charge in [-0.2, -0.15) is 10.2 Å². The number of piperidine rings is 1. The van der Waals surface area contributed by atoms with E-state index in [4.69, 9.17) is 8.83 Å². The minimum atomic E-state index is 0.0544. The van der Waals surface area contributed by atoms with E-state index >= 15 is 0 Å². The van der Waals surface area contributed by atoms with E-state index < -0.39 is 0 Å². The maximum Gasteiger partial charge on any atom is 0.266 e. The molecule has 0 aliphatic carbocycles. The average Bonchev–Trinajstić information content (AvgIpc) is 3.28. The van der Waals surface area contributed by atoms with Crippen molar-refractivity contribution in [3.63, 3.8) is 0 Å². The highest BCUT2D eigenvalue weighted by atomic mass is 79.9. The molecular weight excluding hydrogens is 412 g/mol. The third-order valence-electron chi connectivity index (χ3n) is 5.27. The lowest BCUT2D eigenvalue weighted by Gasteiger charge is -2.42. The summed E-state index contributed by atoms with van der Waals surface area (Å²) in [6.07, 6.45) is 1.04. The smallest absolute Gasteiger partial charge is 0.266 e. The molecule has 0 unspecified atom stereocenters. The maximum atomic E-state index is 12.2. The zero-order chi connectivity index (χ0) is 18.5. The largest absolute Gasteiger partial charge is 0.444 e. The molecule has 8 heteroatoms. The van der Waals surface area contributed by atoms with Gasteiger partial charge in [0.2, 0.25) is 11.6 Å². The number of hydrogen-bond acceptors (Lipinski definition) is 6. The molecule has 0 aromatic carbocycles. The van der Waals surface area contributed by atoms with Crippen molar-refractivity contribution in [2.45, 2.75) is 18.9 Å². The van der Waals surface area contributed by atoms with Crippen LogP contribution in [0.3, 0.4) is 0 Å². The van der Waals surface area contributed by atoms with E-state index in [1.54, 1.807) is 18.2 Å². The fraction of sp³-hybridized carbons (Fsp3) is 0.316. The first-order valence-electron chi connectivity index (χ1n) is 8.73. The highest BCUT2D eigenvalue weighted by Crippen LogP contribution is 2.39. The summed E-state index contributed by atoms with van der Waals surface area (Å²) in [7, 11) is 0. The number of fused-ring (bicyclic) bond motifs is 4. The van der Waals surface area contributed by atoms with E-state index in [9.17, 15) is 10.1 Å². The Morgan fingerprint density at radius 1 is 1.19 bits per heavy atom. The Balaban J connectivity index is 1.51. The fourth-order valence-electron chi connectivity index (χ4n) is 4.20. The molecule has 0 amide bonds. The Labute approximate surface area is 163 Å². The van der Waals surface area contributed by atoms with Gasteiger partial charge in [0, 0.05) is 37.3 Å². The van der Waals surface area contributed by atoms with Crippen LogP contribution in [0.15, 0.2) is 48.6 Å². The summed E-state index contributed by atoms with van der Waals surface area (Å²) in [6, 6.07) is 11.1. The van der Waals surface area contributed by atoms with Crippen LogP contribution in [0, 0.1) is 17.2 Å². The van der Waals surface area contributed by atoms with Crippen molar-refractivity contribution in [3.05, 3.63) is 56.7 Å². The maximum absolute atomic E-state index is 12.2. The molecule has 27 heavy (non-hydrogen) atoms. The zero-order valence-electron chi connectivity index (χ0n) is 14.3. The van der Waals surface area contributed by atoms with Gasteiger partial charge in [-0.25, -0.2) is 0 Å². The van der Waals surface area contributed by atoms with Crippen LogP contribution in [-0.4, -0.2) is 22.6 Å². The van der Waals surface area contributed by atoms with E-state index in [0.717, 1.165) is 18.7 Å². The molecule has 0 N–H and O–H groups in total. The van der Waals surface area contributed by atoms with E-state index in [1.165, 1.54) is 0 Å². The van der Waals surface area contributed by atoms with Gasteiger partial charge in [0.25, 0.3) is 11.4 Å². The highest BCUT2D eigenvalue weighted by molar-refractivity contribution is 9.10. The summed E-state index contributed by atoms with van der Waals surface area (Å²) < 4.78 is 13.9. The average molecular weight is 427 g/mol. The van der Waals surface area contributed by atoms with Gasteiger partial charge in [0.05, 0.1) is 0 Å². The normalized spacial score (nSPS) is 21.0. The van der Waals surface area contributed by atoms with Crippen LogP contribution in [0.25, 0.3) is 11.7 Å². The van der Waals surface area contributed by atoms with Gasteiger partial charge in [0.1, 0.15) is 6.07 Å². The molecule has 0 spiro atoms. The Hall–Kier alpha value is -2.79. The molecule has 5 rings (SSSR count). The summed E-state index contributed by atoms with van der Waals surface area (Å²) in [5, 5.41) is 9.53. The lowest BCUT2D eigenvalue weighted by Crippen LogP contribution is -2.47. The molecule has 2 atom stereocenters. The van der Waals surface area contributed by atoms with Crippen molar-refractivity contribution >= 4 is 21.8 Å². The number of nitriles is 1. The molecular formula is C19H15BrN4O3. The van der Waals surface area contributed by atoms with Gasteiger partial charge in [-0.3, -0.25) is 4.79 Å². The Morgan fingerprint density at radius 3 is 2.85 bits per heavy atom. The predicted molar refractivity (Wildman–Crippen MR) is 100 cm³/mol. The van der Waals surface area contributed by atoms with E-state index in [1.807, 2.05) is 16.7 Å². The van der Waals surface area contributed by atoms with Gasteiger partial charge < -0.3 is 18.3 Å². The molecule has 7 nitrogen and oxygen atoms in total. The van der Waals surface area contributed by atoms with Crippen molar-refractivity contribution in [2.75, 3.05) is 18.0 Å². The first-order chi connectivity index (χ1) is 13.1. The second-order valence-corrected chi connectivity index (χ2v) is 7.77. The summed E-state index contributed by atoms with van der Waals surface area (Å²) in [6.45, 7) is 2.10. The van der Waals surface area contributed by atoms with Crippen LogP contribution in [-0.2, 0) is 6.54 Å². The van der Waals surface area contributed by atoms with Crippen LogP contribution < -0.4 is 10.5 Å². The Morgan fingerprint density at radius 2 is 2.07 bits per heavy atom. The van der Waals surface area contributed by atoms with Crippen molar-refractivity contribution in [1.29, 1.82) is 5.26 Å². The molecule has 1 saturated heterocycles. The number of aromatic nitrogens is 2. The van der Waals surface area contributed by atoms with E-state index in [-0.39, 0.29) is 17.2 Å². The summed E-state index contributed by atoms with van der Waals surface area (Å²) >= 11 is 3.26. The fourth-order valence-corrected chi connectivity index (χ4v) is 4.50. The third kappa shape index (κ3) is 2.70. The first-order valence-corrected chi connectivity index (χ1v) is 9.53.